The predicted octanol–water partition coefficient (Wildman–Crippen LogP) is 0.792. The molecule has 2 nitrogen and oxygen atoms in total. The molecule has 1 saturated carbocycles. The molecular formula is C6H10O2Si. The van der Waals surface area contributed by atoms with E-state index in [4.69, 9.17) is 4.43 Å². The van der Waals surface area contributed by atoms with Gasteiger partial charge >= 0.3 is 0 Å². The van der Waals surface area contributed by atoms with Crippen LogP contribution in [0.15, 0.2) is 0 Å². The van der Waals surface area contributed by atoms with Crippen molar-refractivity contribution in [1.29, 1.82) is 0 Å². The minimum Gasteiger partial charge on any atom is -0.408 e. The second-order valence-corrected chi connectivity index (χ2v) is 2.81. The van der Waals surface area contributed by atoms with Crippen LogP contribution in [0.2, 0.25) is 6.55 Å². The van der Waals surface area contributed by atoms with Gasteiger partial charge in [0, 0.05) is 6.42 Å². The average Bonchev–Trinajstić information content (AvgIpc) is 2.18. The zero-order chi connectivity index (χ0) is 6.69. The molecule has 1 aliphatic carbocycles. The molecule has 0 saturated heterocycles. The van der Waals surface area contributed by atoms with Gasteiger partial charge in [-0.15, -0.1) is 0 Å². The number of carbonyl (C=O) groups is 1. The Labute approximate surface area is 57.5 Å². The third-order valence-electron chi connectivity index (χ3n) is 1.51. The van der Waals surface area contributed by atoms with Gasteiger partial charge < -0.3 is 4.43 Å². The zero-order valence-corrected chi connectivity index (χ0v) is 6.52. The van der Waals surface area contributed by atoms with Crippen LogP contribution in [-0.2, 0) is 9.22 Å². The Morgan fingerprint density at radius 3 is 3.00 bits per heavy atom. The van der Waals surface area contributed by atoms with Crippen LogP contribution in [0.5, 0.6) is 0 Å². The molecular weight excluding hydrogens is 132 g/mol. The number of hydrogen-bond acceptors (Lipinski definition) is 2. The van der Waals surface area contributed by atoms with Crippen molar-refractivity contribution < 1.29 is 9.22 Å². The van der Waals surface area contributed by atoms with E-state index in [1.54, 1.807) is 0 Å². The number of Topliss-reactive ketones (excluding diaryl/α,β-unsaturated/α-hetero) is 1. The minimum atomic E-state index is -0.0478. The van der Waals surface area contributed by atoms with E-state index in [0.717, 1.165) is 19.3 Å². The summed E-state index contributed by atoms with van der Waals surface area (Å²) in [5.74, 6) is 0.296. The molecule has 0 amide bonds. The highest BCUT2D eigenvalue weighted by molar-refractivity contribution is 6.25. The van der Waals surface area contributed by atoms with E-state index in [1.165, 1.54) is 0 Å². The molecule has 0 heterocycles. The number of rotatable bonds is 2. The topological polar surface area (TPSA) is 26.3 Å². The van der Waals surface area contributed by atoms with Crippen LogP contribution >= 0.6 is 0 Å². The summed E-state index contributed by atoms with van der Waals surface area (Å²) in [5.41, 5.74) is 0. The van der Waals surface area contributed by atoms with Gasteiger partial charge in [-0.1, -0.05) is 0 Å². The van der Waals surface area contributed by atoms with Crippen molar-refractivity contribution in [3.8, 4) is 0 Å². The van der Waals surface area contributed by atoms with Gasteiger partial charge in [-0.3, -0.25) is 4.79 Å². The Morgan fingerprint density at radius 2 is 2.56 bits per heavy atom. The van der Waals surface area contributed by atoms with Crippen molar-refractivity contribution in [2.75, 3.05) is 0 Å². The van der Waals surface area contributed by atoms with Crippen molar-refractivity contribution >= 4 is 15.5 Å². The molecule has 9 heavy (non-hydrogen) atoms. The summed E-state index contributed by atoms with van der Waals surface area (Å²) in [7, 11) is 0.457. The molecule has 0 N–H and O–H groups in total. The lowest BCUT2D eigenvalue weighted by molar-refractivity contribution is -0.123. The zero-order valence-electron chi connectivity index (χ0n) is 5.52. The Morgan fingerprint density at radius 1 is 1.78 bits per heavy atom. The van der Waals surface area contributed by atoms with Crippen molar-refractivity contribution in [2.24, 2.45) is 0 Å². The Bertz CT molecular complexity index is 114. The molecule has 1 aliphatic rings. The first-order valence-corrected chi connectivity index (χ1v) is 4.60. The standard InChI is InChI=1S/C6H10O2Si/c1-9-8-6-4-2-3-5(6)7/h6H,2-4H2,1H3. The molecule has 3 heteroatoms. The van der Waals surface area contributed by atoms with Crippen molar-refractivity contribution in [1.82, 2.24) is 0 Å². The van der Waals surface area contributed by atoms with Crippen LogP contribution in [0.25, 0.3) is 0 Å². The second-order valence-electron chi connectivity index (χ2n) is 2.17. The largest absolute Gasteiger partial charge is 0.408 e. The van der Waals surface area contributed by atoms with E-state index in [-0.39, 0.29) is 6.10 Å². The molecule has 1 rings (SSSR count). The Balaban J connectivity index is 2.31. The maximum Gasteiger partial charge on any atom is 0.227 e. The molecule has 1 fully saturated rings. The highest BCUT2D eigenvalue weighted by Crippen LogP contribution is 2.16. The van der Waals surface area contributed by atoms with Gasteiger partial charge in [-0.2, -0.15) is 0 Å². The van der Waals surface area contributed by atoms with E-state index in [2.05, 4.69) is 0 Å². The fraction of sp³-hybridized carbons (Fsp3) is 0.833. The molecule has 0 bridgehead atoms. The van der Waals surface area contributed by atoms with Gasteiger partial charge in [0.1, 0.15) is 6.10 Å². The van der Waals surface area contributed by atoms with Crippen LogP contribution in [0, 0.1) is 0 Å². The summed E-state index contributed by atoms with van der Waals surface area (Å²) < 4.78 is 5.19. The summed E-state index contributed by atoms with van der Waals surface area (Å²) in [6.45, 7) is 1.95. The van der Waals surface area contributed by atoms with Crippen LogP contribution in [-0.4, -0.2) is 21.7 Å². The average molecular weight is 142 g/mol. The van der Waals surface area contributed by atoms with E-state index in [0.29, 0.717) is 15.5 Å². The smallest absolute Gasteiger partial charge is 0.227 e. The fourth-order valence-electron chi connectivity index (χ4n) is 1.05. The van der Waals surface area contributed by atoms with E-state index < -0.39 is 0 Å². The lowest BCUT2D eigenvalue weighted by atomic mass is 10.3. The van der Waals surface area contributed by atoms with Crippen molar-refractivity contribution in [3.05, 3.63) is 0 Å². The summed E-state index contributed by atoms with van der Waals surface area (Å²) in [6.07, 6.45) is 2.65. The third kappa shape index (κ3) is 1.63. The molecule has 0 spiro atoms. The number of carbonyl (C=O) groups excluding carboxylic acids is 1. The number of ketones is 1. The summed E-state index contributed by atoms with van der Waals surface area (Å²) in [4.78, 5) is 10.8. The van der Waals surface area contributed by atoms with Gasteiger partial charge in [-0.25, -0.2) is 0 Å². The van der Waals surface area contributed by atoms with Crippen LogP contribution in [0.4, 0.5) is 0 Å². The second kappa shape index (κ2) is 3.13. The third-order valence-corrected chi connectivity index (χ3v) is 2.03. The van der Waals surface area contributed by atoms with Crippen LogP contribution in [0.3, 0.4) is 0 Å². The normalized spacial score (nSPS) is 27.2. The van der Waals surface area contributed by atoms with Crippen LogP contribution < -0.4 is 0 Å². The lowest BCUT2D eigenvalue weighted by Crippen LogP contribution is -2.18. The summed E-state index contributed by atoms with van der Waals surface area (Å²) in [5, 5.41) is 0. The molecule has 2 radical (unpaired) electrons. The highest BCUT2D eigenvalue weighted by Gasteiger charge is 2.23. The fourth-order valence-corrected chi connectivity index (χ4v) is 1.58. The molecule has 0 aliphatic heterocycles. The van der Waals surface area contributed by atoms with Gasteiger partial charge in [0.15, 0.2) is 5.78 Å². The molecule has 50 valence electrons. The first-order chi connectivity index (χ1) is 4.34. The maximum atomic E-state index is 10.8. The summed E-state index contributed by atoms with van der Waals surface area (Å²) >= 11 is 0. The Kier molecular flexibility index (Phi) is 2.42. The summed E-state index contributed by atoms with van der Waals surface area (Å²) in [6, 6.07) is 0. The quantitative estimate of drug-likeness (QED) is 0.533. The van der Waals surface area contributed by atoms with Gasteiger partial charge in [-0.05, 0) is 19.4 Å². The van der Waals surface area contributed by atoms with Gasteiger partial charge in [0.05, 0.1) is 0 Å². The molecule has 1 unspecified atom stereocenters. The monoisotopic (exact) mass is 142 g/mol. The number of hydrogen-bond donors (Lipinski definition) is 0. The highest BCUT2D eigenvalue weighted by atomic mass is 28.2. The molecule has 0 aromatic heterocycles. The van der Waals surface area contributed by atoms with E-state index >= 15 is 0 Å². The van der Waals surface area contributed by atoms with Gasteiger partial charge in [0.25, 0.3) is 0 Å². The lowest BCUT2D eigenvalue weighted by Gasteiger charge is -2.05. The predicted molar refractivity (Wildman–Crippen MR) is 35.3 cm³/mol. The van der Waals surface area contributed by atoms with Crippen LogP contribution in [0.1, 0.15) is 19.3 Å². The molecule has 1 atom stereocenters. The van der Waals surface area contributed by atoms with Gasteiger partial charge in [0.2, 0.25) is 9.76 Å². The maximum absolute atomic E-state index is 10.8. The Hall–Kier alpha value is -0.153. The molecule has 0 aromatic rings. The SMILES string of the molecule is C[Si]OC1CCCC1=O. The first-order valence-electron chi connectivity index (χ1n) is 3.19. The van der Waals surface area contributed by atoms with Crippen molar-refractivity contribution in [3.63, 3.8) is 0 Å². The van der Waals surface area contributed by atoms with E-state index in [1.807, 2.05) is 6.55 Å². The first kappa shape index (κ1) is 6.96. The van der Waals surface area contributed by atoms with E-state index in [9.17, 15) is 4.79 Å². The minimum absolute atomic E-state index is 0.0478. The molecule has 0 aromatic carbocycles. The van der Waals surface area contributed by atoms with Crippen molar-refractivity contribution in [2.45, 2.75) is 31.9 Å².